The Labute approximate surface area is 175 Å². The molecule has 0 amide bonds. The van der Waals surface area contributed by atoms with Gasteiger partial charge >= 0.3 is 8.80 Å². The van der Waals surface area contributed by atoms with Crippen molar-refractivity contribution in [1.82, 2.24) is 0 Å². The van der Waals surface area contributed by atoms with E-state index in [1.807, 2.05) is 31.2 Å². The van der Waals surface area contributed by atoms with E-state index in [1.165, 1.54) is 0 Å². The summed E-state index contributed by atoms with van der Waals surface area (Å²) in [6.45, 7) is 2.50. The molecule has 160 valence electrons. The second-order valence-electron chi connectivity index (χ2n) is 6.82. The summed E-state index contributed by atoms with van der Waals surface area (Å²) in [5.41, 5.74) is 1.88. The van der Waals surface area contributed by atoms with E-state index in [4.69, 9.17) is 18.0 Å². The van der Waals surface area contributed by atoms with Crippen molar-refractivity contribution in [3.8, 4) is 5.75 Å². The summed E-state index contributed by atoms with van der Waals surface area (Å²) in [4.78, 5) is 0.293. The molecule has 0 unspecified atom stereocenters. The van der Waals surface area contributed by atoms with Gasteiger partial charge in [0.05, 0.1) is 17.3 Å². The molecule has 2 aromatic carbocycles. The number of rotatable bonds is 12. The Hall–Kier alpha value is -1.71. The molecule has 0 aliphatic rings. The molecule has 2 rings (SSSR count). The average Bonchev–Trinajstić information content (AvgIpc) is 2.73. The summed E-state index contributed by atoms with van der Waals surface area (Å²) >= 11 is 0. The lowest BCUT2D eigenvalue weighted by Gasteiger charge is -2.24. The monoisotopic (exact) mass is 438 g/mol. The second kappa shape index (κ2) is 10.9. The van der Waals surface area contributed by atoms with Gasteiger partial charge in [-0.3, -0.25) is 0 Å². The fourth-order valence-corrected chi connectivity index (χ4v) is 6.06. The van der Waals surface area contributed by atoms with E-state index in [0.29, 0.717) is 17.3 Å². The second-order valence-corrected chi connectivity index (χ2v) is 11.9. The van der Waals surface area contributed by atoms with Crippen LogP contribution in [0.15, 0.2) is 53.4 Å². The lowest BCUT2D eigenvalue weighted by atomic mass is 10.2. The van der Waals surface area contributed by atoms with Crippen molar-refractivity contribution in [2.75, 3.05) is 27.9 Å². The standard InChI is InChI=1S/C21H30O6SSi/c1-18-7-9-19(10-8-18)17-28(22,23)21-13-11-20(12-14-21)27-15-5-6-16-29(24-2,25-3)26-4/h7-14H,5-6,15-17H2,1-4H3. The van der Waals surface area contributed by atoms with Crippen molar-refractivity contribution in [2.45, 2.75) is 36.5 Å². The van der Waals surface area contributed by atoms with Crippen LogP contribution in [-0.2, 0) is 28.9 Å². The molecule has 0 heterocycles. The van der Waals surface area contributed by atoms with Crippen molar-refractivity contribution in [3.63, 3.8) is 0 Å². The molecule has 0 saturated carbocycles. The number of hydrogen-bond donors (Lipinski definition) is 0. The number of unbranched alkanes of at least 4 members (excludes halogenated alkanes) is 1. The summed E-state index contributed by atoms with van der Waals surface area (Å²) in [5, 5.41) is 0. The molecule has 0 radical (unpaired) electrons. The van der Waals surface area contributed by atoms with Gasteiger partial charge in [-0.05, 0) is 49.6 Å². The molecule has 0 N–H and O–H groups in total. The quantitative estimate of drug-likeness (QED) is 0.368. The third-order valence-corrected chi connectivity index (χ3v) is 9.27. The zero-order chi connectivity index (χ0) is 21.3. The summed E-state index contributed by atoms with van der Waals surface area (Å²) in [5.74, 6) is 0.630. The number of ether oxygens (including phenoxy) is 1. The number of benzene rings is 2. The van der Waals surface area contributed by atoms with Crippen molar-refractivity contribution >= 4 is 18.6 Å². The normalized spacial score (nSPS) is 12.1. The molecule has 0 saturated heterocycles. The highest BCUT2D eigenvalue weighted by molar-refractivity contribution is 7.90. The summed E-state index contributed by atoms with van der Waals surface area (Å²) in [7, 11) is -1.12. The van der Waals surface area contributed by atoms with Gasteiger partial charge in [-0.1, -0.05) is 29.8 Å². The molecule has 29 heavy (non-hydrogen) atoms. The summed E-state index contributed by atoms with van der Waals surface area (Å²) in [6.07, 6.45) is 1.67. The van der Waals surface area contributed by atoms with E-state index in [9.17, 15) is 8.42 Å². The van der Waals surface area contributed by atoms with Crippen LogP contribution < -0.4 is 4.74 Å². The van der Waals surface area contributed by atoms with E-state index in [2.05, 4.69) is 0 Å². The Bertz CT molecular complexity index is 837. The largest absolute Gasteiger partial charge is 0.500 e. The maximum atomic E-state index is 12.6. The first-order valence-electron chi connectivity index (χ1n) is 9.51. The van der Waals surface area contributed by atoms with E-state index in [1.54, 1.807) is 45.6 Å². The molecule has 0 aliphatic carbocycles. The van der Waals surface area contributed by atoms with Gasteiger partial charge in [0.15, 0.2) is 9.84 Å². The van der Waals surface area contributed by atoms with Gasteiger partial charge in [-0.2, -0.15) is 0 Å². The van der Waals surface area contributed by atoms with Crippen LogP contribution in [0, 0.1) is 6.92 Å². The van der Waals surface area contributed by atoms with Crippen LogP contribution >= 0.6 is 0 Å². The Morgan fingerprint density at radius 1 is 0.828 bits per heavy atom. The first-order valence-corrected chi connectivity index (χ1v) is 13.1. The summed E-state index contributed by atoms with van der Waals surface area (Å²) < 4.78 is 47.1. The third-order valence-electron chi connectivity index (χ3n) is 4.74. The van der Waals surface area contributed by atoms with Crippen LogP contribution in [0.3, 0.4) is 0 Å². The number of aryl methyl sites for hydroxylation is 1. The minimum atomic E-state index is -3.39. The van der Waals surface area contributed by atoms with E-state index < -0.39 is 18.6 Å². The van der Waals surface area contributed by atoms with Crippen molar-refractivity contribution in [2.24, 2.45) is 0 Å². The highest BCUT2D eigenvalue weighted by Crippen LogP contribution is 2.21. The first-order chi connectivity index (χ1) is 13.8. The zero-order valence-electron chi connectivity index (χ0n) is 17.5. The van der Waals surface area contributed by atoms with E-state index >= 15 is 0 Å². The topological polar surface area (TPSA) is 71.1 Å². The SMILES string of the molecule is CO[Si](CCCCOc1ccc(S(=O)(=O)Cc2ccc(C)cc2)cc1)(OC)OC. The number of hydrogen-bond acceptors (Lipinski definition) is 6. The molecule has 8 heteroatoms. The van der Waals surface area contributed by atoms with Gasteiger partial charge in [-0.15, -0.1) is 0 Å². The van der Waals surface area contributed by atoms with Gasteiger partial charge in [0, 0.05) is 27.4 Å². The van der Waals surface area contributed by atoms with Gasteiger partial charge in [-0.25, -0.2) is 8.42 Å². The average molecular weight is 439 g/mol. The van der Waals surface area contributed by atoms with Gasteiger partial charge in [0.1, 0.15) is 5.75 Å². The molecule has 2 aromatic rings. The van der Waals surface area contributed by atoms with Crippen LogP contribution in [0.2, 0.25) is 6.04 Å². The van der Waals surface area contributed by atoms with Crippen LogP contribution in [0.5, 0.6) is 5.75 Å². The van der Waals surface area contributed by atoms with Crippen LogP contribution in [0.4, 0.5) is 0 Å². The lowest BCUT2D eigenvalue weighted by Crippen LogP contribution is -2.42. The van der Waals surface area contributed by atoms with E-state index in [-0.39, 0.29) is 5.75 Å². The Kier molecular flexibility index (Phi) is 8.85. The first kappa shape index (κ1) is 23.6. The molecule has 0 fully saturated rings. The molecule has 0 bridgehead atoms. The van der Waals surface area contributed by atoms with Gasteiger partial charge in [0.2, 0.25) is 0 Å². The smallest absolute Gasteiger partial charge is 0.494 e. The van der Waals surface area contributed by atoms with E-state index in [0.717, 1.165) is 30.0 Å². The molecule has 0 spiro atoms. The molecule has 6 nitrogen and oxygen atoms in total. The van der Waals surface area contributed by atoms with Crippen LogP contribution in [0.25, 0.3) is 0 Å². The maximum Gasteiger partial charge on any atom is 0.500 e. The predicted molar refractivity (Wildman–Crippen MR) is 115 cm³/mol. The molecular formula is C21H30O6SSi. The Morgan fingerprint density at radius 2 is 1.41 bits per heavy atom. The minimum absolute atomic E-state index is 0.0162. The highest BCUT2D eigenvalue weighted by atomic mass is 32.2. The molecule has 0 aromatic heterocycles. The number of sulfone groups is 1. The molecule has 0 aliphatic heterocycles. The zero-order valence-corrected chi connectivity index (χ0v) is 19.3. The maximum absolute atomic E-state index is 12.6. The predicted octanol–water partition coefficient (Wildman–Crippen LogP) is 4.01. The Balaban J connectivity index is 1.84. The highest BCUT2D eigenvalue weighted by Gasteiger charge is 2.36. The molecular weight excluding hydrogens is 408 g/mol. The van der Waals surface area contributed by atoms with Crippen LogP contribution in [0.1, 0.15) is 24.0 Å². The fourth-order valence-electron chi connectivity index (χ4n) is 2.92. The van der Waals surface area contributed by atoms with Crippen molar-refractivity contribution in [1.29, 1.82) is 0 Å². The summed E-state index contributed by atoms with van der Waals surface area (Å²) in [6, 6.07) is 14.8. The third kappa shape index (κ3) is 6.93. The fraction of sp³-hybridized carbons (Fsp3) is 0.429. The molecule has 0 atom stereocenters. The van der Waals surface area contributed by atoms with Gasteiger partial charge in [0.25, 0.3) is 0 Å². The van der Waals surface area contributed by atoms with Crippen molar-refractivity contribution in [3.05, 3.63) is 59.7 Å². The van der Waals surface area contributed by atoms with Crippen molar-refractivity contribution < 1.29 is 26.4 Å². The minimum Gasteiger partial charge on any atom is -0.494 e. The Morgan fingerprint density at radius 3 is 1.97 bits per heavy atom. The lowest BCUT2D eigenvalue weighted by molar-refractivity contribution is 0.122. The van der Waals surface area contributed by atoms with Gasteiger partial charge < -0.3 is 18.0 Å². The van der Waals surface area contributed by atoms with Crippen LogP contribution in [-0.4, -0.2) is 45.2 Å².